The molecule has 0 unspecified atom stereocenters. The van der Waals surface area contributed by atoms with Crippen molar-refractivity contribution in [2.24, 2.45) is 0 Å². The van der Waals surface area contributed by atoms with Gasteiger partial charge in [-0.2, -0.15) is 0 Å². The molecule has 1 aromatic rings. The van der Waals surface area contributed by atoms with Crippen molar-refractivity contribution in [3.8, 4) is 5.75 Å². The lowest BCUT2D eigenvalue weighted by Gasteiger charge is -2.37. The summed E-state index contributed by atoms with van der Waals surface area (Å²) in [5.41, 5.74) is 1.26. The molecular formula is C14H19NO3. The van der Waals surface area contributed by atoms with Gasteiger partial charge in [0.05, 0.1) is 13.5 Å². The molecule has 18 heavy (non-hydrogen) atoms. The second-order valence-corrected chi connectivity index (χ2v) is 4.71. The highest BCUT2D eigenvalue weighted by atomic mass is 16.5. The summed E-state index contributed by atoms with van der Waals surface area (Å²) in [7, 11) is 1.69. The molecule has 0 atom stereocenters. The zero-order chi connectivity index (χ0) is 13.0. The van der Waals surface area contributed by atoms with Crippen LogP contribution in [0.2, 0.25) is 0 Å². The van der Waals surface area contributed by atoms with Gasteiger partial charge in [-0.1, -0.05) is 18.2 Å². The number of hydrogen-bond donors (Lipinski definition) is 2. The van der Waals surface area contributed by atoms with Crippen LogP contribution in [0.1, 0.15) is 30.7 Å². The maximum atomic E-state index is 10.4. The van der Waals surface area contributed by atoms with Gasteiger partial charge in [0.15, 0.2) is 0 Å². The summed E-state index contributed by atoms with van der Waals surface area (Å²) in [5, 5.41) is 11.8. The van der Waals surface area contributed by atoms with E-state index < -0.39 is 5.97 Å². The lowest BCUT2D eigenvalue weighted by molar-refractivity contribution is -0.136. The second kappa shape index (κ2) is 5.87. The van der Waals surface area contributed by atoms with E-state index in [0.29, 0.717) is 18.5 Å². The van der Waals surface area contributed by atoms with Crippen molar-refractivity contribution in [1.82, 2.24) is 5.32 Å². The van der Waals surface area contributed by atoms with Crippen molar-refractivity contribution in [1.29, 1.82) is 0 Å². The molecule has 0 bridgehead atoms. The average molecular weight is 249 g/mol. The Morgan fingerprint density at radius 1 is 1.44 bits per heavy atom. The van der Waals surface area contributed by atoms with Gasteiger partial charge in [0.2, 0.25) is 0 Å². The van der Waals surface area contributed by atoms with Gasteiger partial charge >= 0.3 is 5.97 Å². The Morgan fingerprint density at radius 2 is 2.17 bits per heavy atom. The summed E-state index contributed by atoms with van der Waals surface area (Å²) >= 11 is 0. The van der Waals surface area contributed by atoms with E-state index in [1.807, 2.05) is 18.2 Å². The van der Waals surface area contributed by atoms with Gasteiger partial charge in [0.25, 0.3) is 0 Å². The molecule has 4 nitrogen and oxygen atoms in total. The first-order chi connectivity index (χ1) is 8.70. The number of benzene rings is 1. The third-order valence-electron chi connectivity index (χ3n) is 3.49. The number of methoxy groups -OCH3 is 1. The number of aliphatic carboxylic acids is 1. The molecule has 1 saturated carbocycles. The van der Waals surface area contributed by atoms with E-state index in [1.165, 1.54) is 5.56 Å². The Hall–Kier alpha value is -1.55. The highest BCUT2D eigenvalue weighted by Gasteiger charge is 2.31. The third-order valence-corrected chi connectivity index (χ3v) is 3.49. The number of carboxylic acids is 1. The SMILES string of the molecule is COc1ccccc1C1CC(NCCC(=O)O)C1. The molecule has 4 heteroatoms. The van der Waals surface area contributed by atoms with E-state index in [4.69, 9.17) is 9.84 Å². The zero-order valence-electron chi connectivity index (χ0n) is 10.6. The summed E-state index contributed by atoms with van der Waals surface area (Å²) in [6, 6.07) is 8.55. The molecule has 0 saturated heterocycles. The van der Waals surface area contributed by atoms with Gasteiger partial charge < -0.3 is 15.2 Å². The van der Waals surface area contributed by atoms with E-state index in [-0.39, 0.29) is 6.42 Å². The van der Waals surface area contributed by atoms with E-state index in [2.05, 4.69) is 11.4 Å². The highest BCUT2D eigenvalue weighted by molar-refractivity contribution is 5.66. The zero-order valence-corrected chi connectivity index (χ0v) is 10.6. The largest absolute Gasteiger partial charge is 0.496 e. The molecule has 0 amide bonds. The first-order valence-electron chi connectivity index (χ1n) is 6.28. The Labute approximate surface area is 107 Å². The summed E-state index contributed by atoms with van der Waals surface area (Å²) in [4.78, 5) is 10.4. The minimum Gasteiger partial charge on any atom is -0.496 e. The van der Waals surface area contributed by atoms with Crippen molar-refractivity contribution < 1.29 is 14.6 Å². The molecule has 1 aliphatic rings. The predicted molar refractivity (Wildman–Crippen MR) is 69.0 cm³/mol. The lowest BCUT2D eigenvalue weighted by atomic mass is 9.75. The van der Waals surface area contributed by atoms with E-state index in [9.17, 15) is 4.79 Å². The first kappa shape index (κ1) is 12.9. The molecule has 98 valence electrons. The molecule has 2 rings (SSSR count). The van der Waals surface area contributed by atoms with Gasteiger partial charge in [-0.15, -0.1) is 0 Å². The van der Waals surface area contributed by atoms with Crippen molar-refractivity contribution in [3.05, 3.63) is 29.8 Å². The minimum atomic E-state index is -0.747. The molecule has 0 spiro atoms. The number of carbonyl (C=O) groups is 1. The number of ether oxygens (including phenoxy) is 1. The maximum Gasteiger partial charge on any atom is 0.304 e. The minimum absolute atomic E-state index is 0.190. The Morgan fingerprint density at radius 3 is 2.83 bits per heavy atom. The van der Waals surface area contributed by atoms with Crippen LogP contribution in [-0.2, 0) is 4.79 Å². The van der Waals surface area contributed by atoms with Crippen LogP contribution in [0.5, 0.6) is 5.75 Å². The van der Waals surface area contributed by atoms with Gasteiger partial charge in [-0.3, -0.25) is 4.79 Å². The standard InChI is InChI=1S/C14H19NO3/c1-18-13-5-3-2-4-12(13)10-8-11(9-10)15-7-6-14(16)17/h2-5,10-11,15H,6-9H2,1H3,(H,16,17). The summed E-state index contributed by atoms with van der Waals surface area (Å²) in [6.45, 7) is 0.554. The second-order valence-electron chi connectivity index (χ2n) is 4.71. The maximum absolute atomic E-state index is 10.4. The van der Waals surface area contributed by atoms with Crippen LogP contribution < -0.4 is 10.1 Å². The molecule has 1 fully saturated rings. The van der Waals surface area contributed by atoms with Gasteiger partial charge in [-0.25, -0.2) is 0 Å². The molecule has 0 radical (unpaired) electrons. The number of rotatable bonds is 6. The van der Waals surface area contributed by atoms with E-state index in [1.54, 1.807) is 7.11 Å². The van der Waals surface area contributed by atoms with Crippen molar-refractivity contribution >= 4 is 5.97 Å². The fourth-order valence-electron chi connectivity index (χ4n) is 2.43. The average Bonchev–Trinajstić information content (AvgIpc) is 2.32. The van der Waals surface area contributed by atoms with Gasteiger partial charge in [0.1, 0.15) is 5.75 Å². The number of carboxylic acid groups (broad SMARTS) is 1. The van der Waals surface area contributed by atoms with Crippen molar-refractivity contribution in [3.63, 3.8) is 0 Å². The quantitative estimate of drug-likeness (QED) is 0.809. The van der Waals surface area contributed by atoms with E-state index in [0.717, 1.165) is 18.6 Å². The van der Waals surface area contributed by atoms with Crippen LogP contribution in [-0.4, -0.2) is 30.8 Å². The molecule has 0 aliphatic heterocycles. The Bertz CT molecular complexity index is 413. The molecule has 1 aromatic carbocycles. The summed E-state index contributed by atoms with van der Waals surface area (Å²) in [5.74, 6) is 0.734. The topological polar surface area (TPSA) is 58.6 Å². The van der Waals surface area contributed by atoms with Crippen LogP contribution >= 0.6 is 0 Å². The third kappa shape index (κ3) is 3.01. The fourth-order valence-corrected chi connectivity index (χ4v) is 2.43. The first-order valence-corrected chi connectivity index (χ1v) is 6.28. The van der Waals surface area contributed by atoms with Crippen LogP contribution in [0.25, 0.3) is 0 Å². The van der Waals surface area contributed by atoms with Gasteiger partial charge in [0, 0.05) is 12.6 Å². The monoisotopic (exact) mass is 249 g/mol. The number of hydrogen-bond acceptors (Lipinski definition) is 3. The normalized spacial score (nSPS) is 22.3. The van der Waals surface area contributed by atoms with Crippen LogP contribution in [0.15, 0.2) is 24.3 Å². The van der Waals surface area contributed by atoms with Crippen LogP contribution in [0, 0.1) is 0 Å². The van der Waals surface area contributed by atoms with E-state index >= 15 is 0 Å². The molecule has 0 aromatic heterocycles. The van der Waals surface area contributed by atoms with Crippen molar-refractivity contribution in [2.45, 2.75) is 31.2 Å². The predicted octanol–water partition coefficient (Wildman–Crippen LogP) is 2.01. The number of para-hydroxylation sites is 1. The van der Waals surface area contributed by atoms with Crippen LogP contribution in [0.3, 0.4) is 0 Å². The number of nitrogens with one attached hydrogen (secondary N) is 1. The molecule has 2 N–H and O–H groups in total. The van der Waals surface area contributed by atoms with Crippen molar-refractivity contribution in [2.75, 3.05) is 13.7 Å². The molecule has 0 heterocycles. The van der Waals surface area contributed by atoms with Gasteiger partial charge in [-0.05, 0) is 30.4 Å². The lowest BCUT2D eigenvalue weighted by Crippen LogP contribution is -2.41. The smallest absolute Gasteiger partial charge is 0.304 e. The van der Waals surface area contributed by atoms with Crippen LogP contribution in [0.4, 0.5) is 0 Å². The Balaban J connectivity index is 1.80. The fraction of sp³-hybridized carbons (Fsp3) is 0.500. The summed E-state index contributed by atoms with van der Waals surface area (Å²) < 4.78 is 5.35. The summed E-state index contributed by atoms with van der Waals surface area (Å²) in [6.07, 6.45) is 2.30. The Kier molecular flexibility index (Phi) is 4.20. The molecular weight excluding hydrogens is 230 g/mol. The highest BCUT2D eigenvalue weighted by Crippen LogP contribution is 2.40. The molecule has 1 aliphatic carbocycles.